The van der Waals surface area contributed by atoms with E-state index in [2.05, 4.69) is 4.98 Å². The van der Waals surface area contributed by atoms with E-state index in [-0.39, 0.29) is 24.1 Å². The molecule has 0 fully saturated rings. The van der Waals surface area contributed by atoms with E-state index in [1.54, 1.807) is 14.2 Å². The summed E-state index contributed by atoms with van der Waals surface area (Å²) in [5.74, 6) is 1.15. The number of pyridine rings is 1. The molecule has 2 atom stereocenters. The van der Waals surface area contributed by atoms with Crippen LogP contribution >= 0.6 is 0 Å². The van der Waals surface area contributed by atoms with Gasteiger partial charge in [0.15, 0.2) is 11.5 Å². The van der Waals surface area contributed by atoms with E-state index in [4.69, 9.17) is 9.47 Å². The molecule has 3 aromatic rings. The Balaban J connectivity index is 1.48. The SMILES string of the molecule is COc1cc2c(cc1OC)[C@@H](C)N(C(=O)[C@@H]1Cc3ccccc3CN1Cc1cnccc1C(F)(F)F)CC2. The second-order valence-electron chi connectivity index (χ2n) is 9.79. The van der Waals surface area contributed by atoms with E-state index in [0.29, 0.717) is 37.4 Å². The summed E-state index contributed by atoms with van der Waals surface area (Å²) in [5, 5.41) is 0. The summed E-state index contributed by atoms with van der Waals surface area (Å²) in [4.78, 5) is 21.8. The number of amides is 1. The van der Waals surface area contributed by atoms with Crippen molar-refractivity contribution in [2.45, 2.75) is 51.1 Å². The predicted molar refractivity (Wildman–Crippen MR) is 136 cm³/mol. The fourth-order valence-electron chi connectivity index (χ4n) is 5.67. The molecule has 2 aliphatic rings. The molecule has 0 spiro atoms. The molecule has 6 nitrogen and oxygen atoms in total. The van der Waals surface area contributed by atoms with Gasteiger partial charge in [0.2, 0.25) is 5.91 Å². The molecule has 2 aliphatic heterocycles. The van der Waals surface area contributed by atoms with Crippen LogP contribution < -0.4 is 9.47 Å². The number of aromatic nitrogens is 1. The van der Waals surface area contributed by atoms with Crippen molar-refractivity contribution < 1.29 is 27.4 Å². The van der Waals surface area contributed by atoms with Crippen molar-refractivity contribution in [1.29, 1.82) is 0 Å². The number of alkyl halides is 3. The third-order valence-electron chi connectivity index (χ3n) is 7.68. The zero-order valence-electron chi connectivity index (χ0n) is 21.6. The molecule has 2 aromatic carbocycles. The first-order valence-corrected chi connectivity index (χ1v) is 12.6. The smallest absolute Gasteiger partial charge is 0.416 e. The van der Waals surface area contributed by atoms with Crippen LogP contribution in [-0.4, -0.2) is 47.5 Å². The standard InChI is InChI=1S/C29H30F3N3O3/c1-18-23-14-27(38-3)26(37-2)13-20(23)9-11-35(18)28(36)25-12-19-6-4-5-7-21(19)16-34(25)17-22-15-33-10-8-24(22)29(30,31)32/h4-8,10,13-15,18,25H,9,11-12,16-17H2,1-3H3/t18-,25+/m1/s1. The minimum atomic E-state index is -4.50. The van der Waals surface area contributed by atoms with E-state index in [1.165, 1.54) is 6.20 Å². The summed E-state index contributed by atoms with van der Waals surface area (Å²) in [6, 6.07) is 11.8. The summed E-state index contributed by atoms with van der Waals surface area (Å²) in [6.07, 6.45) is -1.02. The Morgan fingerprint density at radius 3 is 2.47 bits per heavy atom. The van der Waals surface area contributed by atoms with Crippen molar-refractivity contribution in [2.75, 3.05) is 20.8 Å². The van der Waals surface area contributed by atoms with Gasteiger partial charge in [0, 0.05) is 32.0 Å². The summed E-state index contributed by atoms with van der Waals surface area (Å²) < 4.78 is 52.2. The van der Waals surface area contributed by atoms with Gasteiger partial charge in [-0.2, -0.15) is 13.2 Å². The zero-order chi connectivity index (χ0) is 27.0. The van der Waals surface area contributed by atoms with Crippen molar-refractivity contribution >= 4 is 5.91 Å². The number of carbonyl (C=O) groups is 1. The van der Waals surface area contributed by atoms with Crippen molar-refractivity contribution in [2.24, 2.45) is 0 Å². The molecular weight excluding hydrogens is 495 g/mol. The number of hydrogen-bond donors (Lipinski definition) is 0. The van der Waals surface area contributed by atoms with Crippen LogP contribution in [0, 0.1) is 0 Å². The molecule has 0 N–H and O–H groups in total. The number of rotatable bonds is 5. The van der Waals surface area contributed by atoms with Crippen LogP contribution in [-0.2, 0) is 36.9 Å². The number of ether oxygens (including phenoxy) is 2. The Kier molecular flexibility index (Phi) is 7.05. The first-order chi connectivity index (χ1) is 18.2. The lowest BCUT2D eigenvalue weighted by molar-refractivity contribution is -0.141. The van der Waals surface area contributed by atoms with Crippen LogP contribution in [0.4, 0.5) is 13.2 Å². The number of hydrogen-bond acceptors (Lipinski definition) is 5. The molecule has 1 amide bonds. The molecule has 0 saturated heterocycles. The summed E-state index contributed by atoms with van der Waals surface area (Å²) in [5.41, 5.74) is 3.47. The average Bonchev–Trinajstić information content (AvgIpc) is 2.91. The van der Waals surface area contributed by atoms with Crippen LogP contribution in [0.25, 0.3) is 0 Å². The molecule has 0 saturated carbocycles. The lowest BCUT2D eigenvalue weighted by Gasteiger charge is -2.42. The highest BCUT2D eigenvalue weighted by Crippen LogP contribution is 2.39. The van der Waals surface area contributed by atoms with Gasteiger partial charge in [-0.05, 0) is 65.8 Å². The topological polar surface area (TPSA) is 54.9 Å². The molecule has 0 bridgehead atoms. The lowest BCUT2D eigenvalue weighted by atomic mass is 9.89. The third kappa shape index (κ3) is 4.82. The highest BCUT2D eigenvalue weighted by Gasteiger charge is 2.40. The van der Waals surface area contributed by atoms with Gasteiger partial charge in [-0.15, -0.1) is 0 Å². The summed E-state index contributed by atoms with van der Waals surface area (Å²) in [6.45, 7) is 2.83. The number of benzene rings is 2. The minimum absolute atomic E-state index is 0.0305. The van der Waals surface area contributed by atoms with Gasteiger partial charge in [0.25, 0.3) is 0 Å². The van der Waals surface area contributed by atoms with E-state index >= 15 is 0 Å². The van der Waals surface area contributed by atoms with Crippen molar-refractivity contribution in [3.63, 3.8) is 0 Å². The van der Waals surface area contributed by atoms with Crippen molar-refractivity contribution in [1.82, 2.24) is 14.8 Å². The fourth-order valence-corrected chi connectivity index (χ4v) is 5.67. The average molecular weight is 526 g/mol. The van der Waals surface area contributed by atoms with Gasteiger partial charge in [-0.3, -0.25) is 14.7 Å². The first kappa shape index (κ1) is 26.0. The maximum absolute atomic E-state index is 14.1. The lowest BCUT2D eigenvalue weighted by Crippen LogP contribution is -2.53. The van der Waals surface area contributed by atoms with Gasteiger partial charge < -0.3 is 14.4 Å². The molecule has 200 valence electrons. The number of halogens is 3. The van der Waals surface area contributed by atoms with Gasteiger partial charge in [-0.1, -0.05) is 24.3 Å². The number of fused-ring (bicyclic) bond motifs is 2. The van der Waals surface area contributed by atoms with Crippen LogP contribution in [0.2, 0.25) is 0 Å². The first-order valence-electron chi connectivity index (χ1n) is 12.6. The maximum Gasteiger partial charge on any atom is 0.416 e. The number of methoxy groups -OCH3 is 2. The van der Waals surface area contributed by atoms with Crippen LogP contribution in [0.5, 0.6) is 11.5 Å². The number of carbonyl (C=O) groups excluding carboxylic acids is 1. The van der Waals surface area contributed by atoms with E-state index in [1.807, 2.05) is 53.1 Å². The minimum Gasteiger partial charge on any atom is -0.493 e. The molecular formula is C29H30F3N3O3. The predicted octanol–water partition coefficient (Wildman–Crippen LogP) is 5.19. The normalized spacial score (nSPS) is 19.5. The summed E-state index contributed by atoms with van der Waals surface area (Å²) >= 11 is 0. The molecule has 38 heavy (non-hydrogen) atoms. The monoisotopic (exact) mass is 525 g/mol. The maximum atomic E-state index is 14.1. The van der Waals surface area contributed by atoms with Gasteiger partial charge in [0.05, 0.1) is 31.9 Å². The quantitative estimate of drug-likeness (QED) is 0.459. The van der Waals surface area contributed by atoms with Gasteiger partial charge in [-0.25, -0.2) is 0 Å². The molecule has 1 aromatic heterocycles. The van der Waals surface area contributed by atoms with Crippen LogP contribution in [0.15, 0.2) is 54.9 Å². The van der Waals surface area contributed by atoms with Crippen LogP contribution in [0.1, 0.15) is 46.3 Å². The summed E-state index contributed by atoms with van der Waals surface area (Å²) in [7, 11) is 3.17. The largest absolute Gasteiger partial charge is 0.493 e. The van der Waals surface area contributed by atoms with Gasteiger partial charge in [0.1, 0.15) is 0 Å². The Bertz CT molecular complexity index is 1340. The zero-order valence-corrected chi connectivity index (χ0v) is 21.6. The second-order valence-corrected chi connectivity index (χ2v) is 9.79. The van der Waals surface area contributed by atoms with E-state index < -0.39 is 17.8 Å². The Labute approximate surface area is 220 Å². The number of nitrogens with zero attached hydrogens (tertiary/aromatic N) is 3. The van der Waals surface area contributed by atoms with Crippen LogP contribution in [0.3, 0.4) is 0 Å². The highest BCUT2D eigenvalue weighted by molar-refractivity contribution is 5.83. The van der Waals surface area contributed by atoms with Crippen molar-refractivity contribution in [3.8, 4) is 11.5 Å². The fraction of sp³-hybridized carbons (Fsp3) is 0.379. The second kappa shape index (κ2) is 10.3. The highest BCUT2D eigenvalue weighted by atomic mass is 19.4. The Morgan fingerprint density at radius 2 is 1.76 bits per heavy atom. The van der Waals surface area contributed by atoms with Gasteiger partial charge >= 0.3 is 6.18 Å². The molecule has 0 aliphatic carbocycles. The molecule has 5 rings (SSSR count). The Morgan fingerprint density at radius 1 is 1.05 bits per heavy atom. The van der Waals surface area contributed by atoms with E-state index in [0.717, 1.165) is 34.5 Å². The molecule has 9 heteroatoms. The third-order valence-corrected chi connectivity index (χ3v) is 7.68. The molecule has 3 heterocycles. The Hall–Kier alpha value is -3.59. The van der Waals surface area contributed by atoms with Crippen molar-refractivity contribution in [3.05, 3.63) is 88.2 Å². The molecule has 0 unspecified atom stereocenters. The van der Waals surface area contributed by atoms with E-state index in [9.17, 15) is 18.0 Å². The molecule has 0 radical (unpaired) electrons.